The van der Waals surface area contributed by atoms with E-state index in [1.807, 2.05) is 17.5 Å². The van der Waals surface area contributed by atoms with Crippen LogP contribution >= 0.6 is 0 Å². The number of aryl methyl sites for hydroxylation is 1. The van der Waals surface area contributed by atoms with E-state index in [1.165, 1.54) is 5.56 Å². The van der Waals surface area contributed by atoms with E-state index in [0.717, 1.165) is 11.5 Å². The minimum atomic E-state index is 0.168. The zero-order valence-corrected chi connectivity index (χ0v) is 9.07. The molecule has 0 radical (unpaired) electrons. The van der Waals surface area contributed by atoms with Crippen molar-refractivity contribution in [3.8, 4) is 0 Å². The van der Waals surface area contributed by atoms with Gasteiger partial charge in [0.1, 0.15) is 5.82 Å². The number of hydrogen-bond donors (Lipinski definition) is 0. The fraction of sp³-hybridized carbons (Fsp3) is 0.455. The van der Waals surface area contributed by atoms with Gasteiger partial charge in [0.25, 0.3) is 0 Å². The predicted molar refractivity (Wildman–Crippen MR) is 56.4 cm³/mol. The molecule has 2 rings (SSSR count). The maximum Gasteiger partial charge on any atom is 0.161 e. The Labute approximate surface area is 83.8 Å². The third-order valence-corrected chi connectivity index (χ3v) is 2.45. The van der Waals surface area contributed by atoms with E-state index in [9.17, 15) is 0 Å². The van der Waals surface area contributed by atoms with E-state index in [4.69, 9.17) is 0 Å². The standard InChI is InChI=1S/C11H15N3/c1-8-12-13-10-7-9(11(2,3)4)5-6-14(8)10/h5-7H,1-4H3. The molecule has 0 aliphatic heterocycles. The van der Waals surface area contributed by atoms with Crippen LogP contribution in [0.1, 0.15) is 32.2 Å². The van der Waals surface area contributed by atoms with E-state index in [0.29, 0.717) is 0 Å². The first-order valence-electron chi connectivity index (χ1n) is 4.80. The summed E-state index contributed by atoms with van der Waals surface area (Å²) >= 11 is 0. The van der Waals surface area contributed by atoms with Crippen molar-refractivity contribution in [2.45, 2.75) is 33.1 Å². The van der Waals surface area contributed by atoms with Gasteiger partial charge >= 0.3 is 0 Å². The van der Waals surface area contributed by atoms with Gasteiger partial charge < -0.3 is 0 Å². The van der Waals surface area contributed by atoms with Crippen LogP contribution in [0.5, 0.6) is 0 Å². The van der Waals surface area contributed by atoms with E-state index >= 15 is 0 Å². The van der Waals surface area contributed by atoms with Gasteiger partial charge in [-0.05, 0) is 30.0 Å². The molecule has 0 bridgehead atoms. The average Bonchev–Trinajstić information content (AvgIpc) is 2.46. The Morgan fingerprint density at radius 3 is 2.57 bits per heavy atom. The molecule has 3 heteroatoms. The first kappa shape index (κ1) is 9.19. The molecule has 0 saturated heterocycles. The lowest BCUT2D eigenvalue weighted by atomic mass is 9.88. The second kappa shape index (κ2) is 2.80. The second-order valence-corrected chi connectivity index (χ2v) is 4.64. The van der Waals surface area contributed by atoms with Gasteiger partial charge in [0.2, 0.25) is 0 Å². The molecule has 2 heterocycles. The molecule has 0 N–H and O–H groups in total. The van der Waals surface area contributed by atoms with Crippen LogP contribution in [0.3, 0.4) is 0 Å². The molecule has 2 aromatic heterocycles. The van der Waals surface area contributed by atoms with Gasteiger partial charge in [-0.1, -0.05) is 20.8 Å². The highest BCUT2D eigenvalue weighted by atomic mass is 15.2. The quantitative estimate of drug-likeness (QED) is 0.636. The molecule has 3 nitrogen and oxygen atoms in total. The highest BCUT2D eigenvalue weighted by Crippen LogP contribution is 2.22. The number of pyridine rings is 1. The molecule has 0 aromatic carbocycles. The van der Waals surface area contributed by atoms with Gasteiger partial charge in [-0.25, -0.2) is 0 Å². The molecule has 0 atom stereocenters. The van der Waals surface area contributed by atoms with Crippen LogP contribution < -0.4 is 0 Å². The number of rotatable bonds is 0. The molecular weight excluding hydrogens is 174 g/mol. The van der Waals surface area contributed by atoms with Crippen molar-refractivity contribution in [3.63, 3.8) is 0 Å². The topological polar surface area (TPSA) is 30.2 Å². The van der Waals surface area contributed by atoms with Crippen molar-refractivity contribution in [3.05, 3.63) is 29.7 Å². The second-order valence-electron chi connectivity index (χ2n) is 4.64. The summed E-state index contributed by atoms with van der Waals surface area (Å²) < 4.78 is 2.00. The van der Waals surface area contributed by atoms with Gasteiger partial charge in [0, 0.05) is 6.20 Å². The summed E-state index contributed by atoms with van der Waals surface area (Å²) in [6.45, 7) is 8.54. The van der Waals surface area contributed by atoms with E-state index < -0.39 is 0 Å². The first-order chi connectivity index (χ1) is 6.48. The van der Waals surface area contributed by atoms with Gasteiger partial charge in [0.05, 0.1) is 0 Å². The fourth-order valence-electron chi connectivity index (χ4n) is 1.48. The van der Waals surface area contributed by atoms with Gasteiger partial charge in [-0.3, -0.25) is 4.40 Å². The molecule has 2 aromatic rings. The maximum absolute atomic E-state index is 4.11. The average molecular weight is 189 g/mol. The third kappa shape index (κ3) is 1.39. The lowest BCUT2D eigenvalue weighted by molar-refractivity contribution is 0.589. The first-order valence-corrected chi connectivity index (χ1v) is 4.80. The Balaban J connectivity index is 2.63. The summed E-state index contributed by atoms with van der Waals surface area (Å²) in [6.07, 6.45) is 2.03. The van der Waals surface area contributed by atoms with Crippen LogP contribution in [0.15, 0.2) is 18.3 Å². The third-order valence-electron chi connectivity index (χ3n) is 2.45. The van der Waals surface area contributed by atoms with Crippen LogP contribution in [0.4, 0.5) is 0 Å². The smallest absolute Gasteiger partial charge is 0.161 e. The number of nitrogens with zero attached hydrogens (tertiary/aromatic N) is 3. The van der Waals surface area contributed by atoms with Crippen LogP contribution in [-0.2, 0) is 5.41 Å². The van der Waals surface area contributed by atoms with Crippen LogP contribution in [0.25, 0.3) is 5.65 Å². The van der Waals surface area contributed by atoms with Crippen molar-refractivity contribution < 1.29 is 0 Å². The molecular formula is C11H15N3. The molecule has 74 valence electrons. The Kier molecular flexibility index (Phi) is 1.84. The van der Waals surface area contributed by atoms with Gasteiger partial charge in [0.15, 0.2) is 5.65 Å². The molecule has 0 unspecified atom stereocenters. The van der Waals surface area contributed by atoms with Crippen molar-refractivity contribution in [2.75, 3.05) is 0 Å². The Morgan fingerprint density at radius 1 is 1.21 bits per heavy atom. The summed E-state index contributed by atoms with van der Waals surface area (Å²) in [5, 5.41) is 8.14. The molecule has 0 saturated carbocycles. The zero-order chi connectivity index (χ0) is 10.3. The Hall–Kier alpha value is -1.38. The number of fused-ring (bicyclic) bond motifs is 1. The highest BCUT2D eigenvalue weighted by molar-refractivity contribution is 5.43. The van der Waals surface area contributed by atoms with E-state index in [2.05, 4.69) is 43.1 Å². The largest absolute Gasteiger partial charge is 0.287 e. The van der Waals surface area contributed by atoms with Crippen LogP contribution in [0, 0.1) is 6.92 Å². The van der Waals surface area contributed by atoms with Crippen molar-refractivity contribution in [2.24, 2.45) is 0 Å². The zero-order valence-electron chi connectivity index (χ0n) is 9.07. The Morgan fingerprint density at radius 2 is 1.93 bits per heavy atom. The summed E-state index contributed by atoms with van der Waals surface area (Å²) in [5.74, 6) is 0.931. The van der Waals surface area contributed by atoms with Crippen LogP contribution in [0.2, 0.25) is 0 Å². The lowest BCUT2D eigenvalue weighted by Crippen LogP contribution is -2.11. The minimum absolute atomic E-state index is 0.168. The SMILES string of the molecule is Cc1nnc2cc(C(C)(C)C)ccn12. The molecule has 0 spiro atoms. The van der Waals surface area contributed by atoms with Crippen LogP contribution in [-0.4, -0.2) is 14.6 Å². The number of aromatic nitrogens is 3. The summed E-state index contributed by atoms with van der Waals surface area (Å²) in [5.41, 5.74) is 2.38. The lowest BCUT2D eigenvalue weighted by Gasteiger charge is -2.18. The highest BCUT2D eigenvalue weighted by Gasteiger charge is 2.14. The predicted octanol–water partition coefficient (Wildman–Crippen LogP) is 2.34. The van der Waals surface area contributed by atoms with Gasteiger partial charge in [-0.2, -0.15) is 0 Å². The molecule has 0 amide bonds. The maximum atomic E-state index is 4.11. The van der Waals surface area contributed by atoms with Crippen molar-refractivity contribution in [1.82, 2.24) is 14.6 Å². The molecule has 0 aliphatic carbocycles. The van der Waals surface area contributed by atoms with Crippen molar-refractivity contribution in [1.29, 1.82) is 0 Å². The van der Waals surface area contributed by atoms with E-state index in [1.54, 1.807) is 0 Å². The summed E-state index contributed by atoms with van der Waals surface area (Å²) in [7, 11) is 0. The Bertz CT molecular complexity index is 463. The normalized spacial score (nSPS) is 12.3. The van der Waals surface area contributed by atoms with Crippen molar-refractivity contribution >= 4 is 5.65 Å². The number of hydrogen-bond acceptors (Lipinski definition) is 2. The summed E-state index contributed by atoms with van der Waals surface area (Å²) in [4.78, 5) is 0. The molecule has 0 fully saturated rings. The van der Waals surface area contributed by atoms with Gasteiger partial charge in [-0.15, -0.1) is 10.2 Å². The molecule has 14 heavy (non-hydrogen) atoms. The molecule has 0 aliphatic rings. The van der Waals surface area contributed by atoms with E-state index in [-0.39, 0.29) is 5.41 Å². The monoisotopic (exact) mass is 189 g/mol. The minimum Gasteiger partial charge on any atom is -0.287 e. The summed E-state index contributed by atoms with van der Waals surface area (Å²) in [6, 6.07) is 4.23. The fourth-order valence-corrected chi connectivity index (χ4v) is 1.48.